The highest BCUT2D eigenvalue weighted by Crippen LogP contribution is 2.25. The van der Waals surface area contributed by atoms with Crippen LogP contribution in [0.5, 0.6) is 5.75 Å². The number of ether oxygens (including phenoxy) is 2. The fourth-order valence-electron chi connectivity index (χ4n) is 3.47. The van der Waals surface area contributed by atoms with Crippen LogP contribution in [0.25, 0.3) is 0 Å². The van der Waals surface area contributed by atoms with Crippen molar-refractivity contribution in [3.63, 3.8) is 0 Å². The third-order valence-electron chi connectivity index (χ3n) is 4.98. The zero-order valence-electron chi connectivity index (χ0n) is 16.5. The molecule has 2 amide bonds. The van der Waals surface area contributed by atoms with Crippen molar-refractivity contribution in [2.45, 2.75) is 24.9 Å². The van der Waals surface area contributed by atoms with Crippen molar-refractivity contribution < 1.29 is 23.5 Å². The summed E-state index contributed by atoms with van der Waals surface area (Å²) in [5, 5.41) is 0.628. The standard InChI is InChI=1S/C22H24ClFN2O4/c23-19-4-2-1-3-16(19)5-10-21(28)26-11-12-30-22(14-26,13-20(25)27)15-29-18-8-6-17(24)7-9-18/h1-4,6-9H,5,10-15H2,(H2,25,27). The molecule has 1 fully saturated rings. The van der Waals surface area contributed by atoms with Crippen LogP contribution >= 0.6 is 11.6 Å². The maximum atomic E-state index is 13.1. The Labute approximate surface area is 179 Å². The topological polar surface area (TPSA) is 81.9 Å². The van der Waals surface area contributed by atoms with Gasteiger partial charge in [0.25, 0.3) is 0 Å². The SMILES string of the molecule is NC(=O)CC1(COc2ccc(F)cc2)CN(C(=O)CCc2ccccc2Cl)CCO1. The van der Waals surface area contributed by atoms with Crippen molar-refractivity contribution in [1.29, 1.82) is 0 Å². The molecule has 0 saturated carbocycles. The molecule has 160 valence electrons. The maximum absolute atomic E-state index is 13.1. The Kier molecular flexibility index (Phi) is 7.29. The highest BCUT2D eigenvalue weighted by atomic mass is 35.5. The predicted molar refractivity (Wildman–Crippen MR) is 111 cm³/mol. The highest BCUT2D eigenvalue weighted by Gasteiger charge is 2.40. The number of benzene rings is 2. The molecule has 1 heterocycles. The van der Waals surface area contributed by atoms with Crippen LogP contribution in [0.2, 0.25) is 5.02 Å². The minimum absolute atomic E-state index is 0.00979. The summed E-state index contributed by atoms with van der Waals surface area (Å²) in [6, 6.07) is 12.9. The van der Waals surface area contributed by atoms with Crippen LogP contribution in [0, 0.1) is 5.82 Å². The summed E-state index contributed by atoms with van der Waals surface area (Å²) in [7, 11) is 0. The molecule has 1 saturated heterocycles. The molecule has 8 heteroatoms. The average molecular weight is 435 g/mol. The zero-order valence-corrected chi connectivity index (χ0v) is 17.2. The number of nitrogens with two attached hydrogens (primary N) is 1. The van der Waals surface area contributed by atoms with Gasteiger partial charge in [-0.2, -0.15) is 0 Å². The first kappa shape index (κ1) is 22.1. The van der Waals surface area contributed by atoms with Crippen molar-refractivity contribution >= 4 is 23.4 Å². The Morgan fingerprint density at radius 3 is 2.63 bits per heavy atom. The minimum Gasteiger partial charge on any atom is -0.490 e. The van der Waals surface area contributed by atoms with E-state index in [1.54, 1.807) is 11.0 Å². The van der Waals surface area contributed by atoms with E-state index in [1.165, 1.54) is 24.3 Å². The third kappa shape index (κ3) is 5.93. The molecule has 1 aliphatic heterocycles. The van der Waals surface area contributed by atoms with Crippen LogP contribution in [0.4, 0.5) is 4.39 Å². The number of morpholine rings is 1. The first-order chi connectivity index (χ1) is 14.4. The Morgan fingerprint density at radius 2 is 1.93 bits per heavy atom. The van der Waals surface area contributed by atoms with E-state index >= 15 is 0 Å². The molecule has 0 spiro atoms. The molecule has 2 aromatic carbocycles. The fourth-order valence-corrected chi connectivity index (χ4v) is 3.70. The molecule has 0 aliphatic carbocycles. The van der Waals surface area contributed by atoms with Crippen molar-refractivity contribution in [3.05, 3.63) is 64.9 Å². The number of carbonyl (C=O) groups excluding carboxylic acids is 2. The number of rotatable bonds is 8. The smallest absolute Gasteiger partial charge is 0.223 e. The fraction of sp³-hybridized carbons (Fsp3) is 0.364. The molecule has 0 radical (unpaired) electrons. The van der Waals surface area contributed by atoms with Crippen LogP contribution in [-0.2, 0) is 20.7 Å². The van der Waals surface area contributed by atoms with Crippen molar-refractivity contribution in [3.8, 4) is 5.75 Å². The quantitative estimate of drug-likeness (QED) is 0.692. The largest absolute Gasteiger partial charge is 0.490 e. The van der Waals surface area contributed by atoms with E-state index in [0.29, 0.717) is 23.7 Å². The summed E-state index contributed by atoms with van der Waals surface area (Å²) >= 11 is 6.17. The molecule has 2 N–H and O–H groups in total. The summed E-state index contributed by atoms with van der Waals surface area (Å²) in [5.41, 5.74) is 5.28. The molecule has 3 rings (SSSR count). The van der Waals surface area contributed by atoms with Gasteiger partial charge in [-0.05, 0) is 42.3 Å². The number of carbonyl (C=O) groups is 2. The summed E-state index contributed by atoms with van der Waals surface area (Å²) in [6.07, 6.45) is 0.711. The van der Waals surface area contributed by atoms with E-state index in [9.17, 15) is 14.0 Å². The first-order valence-electron chi connectivity index (χ1n) is 9.69. The maximum Gasteiger partial charge on any atom is 0.223 e. The zero-order chi connectivity index (χ0) is 21.6. The second kappa shape index (κ2) is 9.91. The van der Waals surface area contributed by atoms with Gasteiger partial charge in [0.05, 0.1) is 19.6 Å². The highest BCUT2D eigenvalue weighted by molar-refractivity contribution is 6.31. The number of hydrogen-bond donors (Lipinski definition) is 1. The van der Waals surface area contributed by atoms with E-state index in [-0.39, 0.29) is 44.3 Å². The molecular weight excluding hydrogens is 411 g/mol. The minimum atomic E-state index is -1.06. The average Bonchev–Trinajstić information content (AvgIpc) is 2.72. The van der Waals surface area contributed by atoms with Gasteiger partial charge in [-0.1, -0.05) is 29.8 Å². The molecule has 6 nitrogen and oxygen atoms in total. The third-order valence-corrected chi connectivity index (χ3v) is 5.35. The van der Waals surface area contributed by atoms with Gasteiger partial charge >= 0.3 is 0 Å². The van der Waals surface area contributed by atoms with Gasteiger partial charge in [-0.25, -0.2) is 4.39 Å². The van der Waals surface area contributed by atoms with Gasteiger partial charge < -0.3 is 20.1 Å². The Balaban J connectivity index is 1.65. The Hall–Kier alpha value is -2.64. The lowest BCUT2D eigenvalue weighted by Gasteiger charge is -2.42. The molecule has 2 aromatic rings. The van der Waals surface area contributed by atoms with Gasteiger partial charge in [0.15, 0.2) is 0 Å². The van der Waals surface area contributed by atoms with Crippen LogP contribution in [0.1, 0.15) is 18.4 Å². The molecule has 30 heavy (non-hydrogen) atoms. The first-order valence-corrected chi connectivity index (χ1v) is 10.1. The number of aryl methyl sites for hydroxylation is 1. The lowest BCUT2D eigenvalue weighted by Crippen LogP contribution is -2.58. The monoisotopic (exact) mass is 434 g/mol. The number of primary amides is 1. The second-order valence-electron chi connectivity index (χ2n) is 7.32. The number of hydrogen-bond acceptors (Lipinski definition) is 4. The number of nitrogens with zero attached hydrogens (tertiary/aromatic N) is 1. The normalized spacial score (nSPS) is 18.8. The van der Waals surface area contributed by atoms with Gasteiger partial charge in [0.2, 0.25) is 11.8 Å². The van der Waals surface area contributed by atoms with E-state index in [1.807, 2.05) is 18.2 Å². The van der Waals surface area contributed by atoms with Gasteiger partial charge in [0, 0.05) is 18.0 Å². The Bertz CT molecular complexity index is 893. The van der Waals surface area contributed by atoms with Gasteiger partial charge in [0.1, 0.15) is 23.8 Å². The molecule has 1 atom stereocenters. The van der Waals surface area contributed by atoms with E-state index in [0.717, 1.165) is 5.56 Å². The lowest BCUT2D eigenvalue weighted by molar-refractivity contribution is -0.161. The van der Waals surface area contributed by atoms with Crippen LogP contribution in [0.15, 0.2) is 48.5 Å². The molecule has 0 bridgehead atoms. The lowest BCUT2D eigenvalue weighted by atomic mass is 9.97. The van der Waals surface area contributed by atoms with Gasteiger partial charge in [-0.15, -0.1) is 0 Å². The second-order valence-corrected chi connectivity index (χ2v) is 7.73. The van der Waals surface area contributed by atoms with Crippen molar-refractivity contribution in [2.24, 2.45) is 5.73 Å². The number of halogens is 2. The molecular formula is C22H24ClFN2O4. The molecule has 1 aliphatic rings. The van der Waals surface area contributed by atoms with Crippen molar-refractivity contribution in [1.82, 2.24) is 4.90 Å². The van der Waals surface area contributed by atoms with Crippen LogP contribution in [0.3, 0.4) is 0 Å². The van der Waals surface area contributed by atoms with Crippen molar-refractivity contribution in [2.75, 3.05) is 26.3 Å². The van der Waals surface area contributed by atoms with E-state index < -0.39 is 11.5 Å². The van der Waals surface area contributed by atoms with E-state index in [2.05, 4.69) is 0 Å². The molecule has 0 aromatic heterocycles. The predicted octanol–water partition coefficient (Wildman–Crippen LogP) is 2.96. The summed E-state index contributed by atoms with van der Waals surface area (Å²) in [5.74, 6) is -0.554. The summed E-state index contributed by atoms with van der Waals surface area (Å²) in [4.78, 5) is 26.1. The molecule has 1 unspecified atom stereocenters. The van der Waals surface area contributed by atoms with Crippen LogP contribution in [-0.4, -0.2) is 48.6 Å². The summed E-state index contributed by atoms with van der Waals surface area (Å²) < 4.78 is 24.7. The van der Waals surface area contributed by atoms with E-state index in [4.69, 9.17) is 26.8 Å². The number of amides is 2. The summed E-state index contributed by atoms with van der Waals surface area (Å²) in [6.45, 7) is 0.866. The Morgan fingerprint density at radius 1 is 1.20 bits per heavy atom. The van der Waals surface area contributed by atoms with Crippen LogP contribution < -0.4 is 10.5 Å². The van der Waals surface area contributed by atoms with Gasteiger partial charge in [-0.3, -0.25) is 9.59 Å².